The number of anilines is 1. The molecular weight excluding hydrogens is 548 g/mol. The molecule has 1 amide bonds. The van der Waals surface area contributed by atoms with Crippen molar-refractivity contribution >= 4 is 52.5 Å². The minimum Gasteiger partial charge on any atom is -0.320 e. The summed E-state index contributed by atoms with van der Waals surface area (Å²) in [5.41, 5.74) is 0.417. The van der Waals surface area contributed by atoms with Crippen LogP contribution >= 0.6 is 34.8 Å². The lowest BCUT2D eigenvalue weighted by atomic mass is 9.91. The Bertz CT molecular complexity index is 1290. The van der Waals surface area contributed by atoms with Crippen LogP contribution in [0.15, 0.2) is 54.7 Å². The Morgan fingerprint density at radius 2 is 1.78 bits per heavy atom. The Kier molecular flexibility index (Phi) is 8.75. The van der Waals surface area contributed by atoms with Crippen LogP contribution in [-0.4, -0.2) is 40.4 Å². The molecule has 0 atom stereocenters. The highest BCUT2D eigenvalue weighted by Crippen LogP contribution is 2.40. The second-order valence-electron chi connectivity index (χ2n) is 8.61. The molecule has 0 aliphatic carbocycles. The van der Waals surface area contributed by atoms with E-state index in [4.69, 9.17) is 34.8 Å². The summed E-state index contributed by atoms with van der Waals surface area (Å²) in [7, 11) is 0. The van der Waals surface area contributed by atoms with Gasteiger partial charge in [0.2, 0.25) is 0 Å². The lowest BCUT2D eigenvalue weighted by molar-refractivity contribution is -0.137. The van der Waals surface area contributed by atoms with Crippen LogP contribution in [0.25, 0.3) is 6.08 Å². The Balaban J connectivity index is 1.49. The van der Waals surface area contributed by atoms with Crippen molar-refractivity contribution in [2.24, 2.45) is 0 Å². The van der Waals surface area contributed by atoms with Gasteiger partial charge in [0.15, 0.2) is 0 Å². The first-order valence-corrected chi connectivity index (χ1v) is 12.6. The van der Waals surface area contributed by atoms with Gasteiger partial charge in [0, 0.05) is 29.2 Å². The molecular formula is C26H22Cl3F3N4O. The van der Waals surface area contributed by atoms with Gasteiger partial charge in [-0.05, 0) is 61.8 Å². The number of nitrogens with one attached hydrogen (secondary N) is 1. The highest BCUT2D eigenvalue weighted by Gasteiger charge is 2.36. The van der Waals surface area contributed by atoms with Crippen molar-refractivity contribution < 1.29 is 18.0 Å². The third kappa shape index (κ3) is 7.23. The molecule has 1 fully saturated rings. The van der Waals surface area contributed by atoms with E-state index >= 15 is 0 Å². The molecule has 1 aromatic carbocycles. The fourth-order valence-electron chi connectivity index (χ4n) is 4.15. The highest BCUT2D eigenvalue weighted by atomic mass is 35.5. The Morgan fingerprint density at radius 1 is 1.08 bits per heavy atom. The third-order valence-corrected chi connectivity index (χ3v) is 6.81. The fourth-order valence-corrected chi connectivity index (χ4v) is 4.71. The molecule has 4 rings (SSSR count). The first kappa shape index (κ1) is 27.4. The van der Waals surface area contributed by atoms with E-state index in [1.807, 2.05) is 30.3 Å². The summed E-state index contributed by atoms with van der Waals surface area (Å²) >= 11 is 17.7. The van der Waals surface area contributed by atoms with Gasteiger partial charge in [0.25, 0.3) is 5.91 Å². The van der Waals surface area contributed by atoms with Gasteiger partial charge in [0.1, 0.15) is 10.3 Å². The number of hydrogen-bond donors (Lipinski definition) is 1. The molecule has 1 aliphatic heterocycles. The number of pyridine rings is 2. The lowest BCUT2D eigenvalue weighted by Gasteiger charge is -2.32. The molecule has 3 aromatic rings. The second-order valence-corrected chi connectivity index (χ2v) is 9.79. The quantitative estimate of drug-likeness (QED) is 0.311. The molecule has 1 N–H and O–H groups in total. The van der Waals surface area contributed by atoms with Crippen molar-refractivity contribution in [1.29, 1.82) is 0 Å². The topological polar surface area (TPSA) is 58.1 Å². The van der Waals surface area contributed by atoms with Crippen molar-refractivity contribution in [1.82, 2.24) is 14.9 Å². The van der Waals surface area contributed by atoms with Crippen LogP contribution in [-0.2, 0) is 6.18 Å². The van der Waals surface area contributed by atoms with E-state index in [2.05, 4.69) is 26.3 Å². The number of amides is 1. The molecule has 0 bridgehead atoms. The number of likely N-dealkylation sites (tertiary alicyclic amines) is 1. The zero-order valence-electron chi connectivity index (χ0n) is 19.4. The molecule has 3 heterocycles. The Hall–Kier alpha value is -2.65. The zero-order chi connectivity index (χ0) is 26.6. The molecule has 0 radical (unpaired) electrons. The van der Waals surface area contributed by atoms with E-state index in [0.29, 0.717) is 36.6 Å². The van der Waals surface area contributed by atoms with Gasteiger partial charge < -0.3 is 5.32 Å². The normalized spacial score (nSPS) is 15.3. The van der Waals surface area contributed by atoms with Crippen LogP contribution in [0.3, 0.4) is 0 Å². The maximum absolute atomic E-state index is 13.5. The van der Waals surface area contributed by atoms with Crippen LogP contribution in [0, 0.1) is 0 Å². The Morgan fingerprint density at radius 3 is 2.43 bits per heavy atom. The van der Waals surface area contributed by atoms with Crippen LogP contribution < -0.4 is 5.32 Å². The first-order valence-electron chi connectivity index (χ1n) is 11.4. The van der Waals surface area contributed by atoms with E-state index in [-0.39, 0.29) is 22.3 Å². The van der Waals surface area contributed by atoms with Gasteiger partial charge in [-0.2, -0.15) is 13.2 Å². The lowest BCUT2D eigenvalue weighted by Crippen LogP contribution is -2.33. The van der Waals surface area contributed by atoms with Crippen molar-refractivity contribution in [3.8, 4) is 0 Å². The fraction of sp³-hybridized carbons (Fsp3) is 0.269. The van der Waals surface area contributed by atoms with Gasteiger partial charge in [-0.25, -0.2) is 9.97 Å². The summed E-state index contributed by atoms with van der Waals surface area (Å²) in [5, 5.41) is 2.71. The molecule has 0 saturated carbocycles. The molecule has 37 heavy (non-hydrogen) atoms. The van der Waals surface area contributed by atoms with Gasteiger partial charge in [-0.3, -0.25) is 9.69 Å². The number of carbonyl (C=O) groups excluding carboxylic acids is 1. The largest absolute Gasteiger partial charge is 0.419 e. The van der Waals surface area contributed by atoms with Crippen LogP contribution in [0.2, 0.25) is 15.3 Å². The number of nitrogens with zero attached hydrogens (tertiary/aromatic N) is 3. The molecule has 2 aromatic heterocycles. The minimum absolute atomic E-state index is 0.0178. The van der Waals surface area contributed by atoms with Gasteiger partial charge in [-0.1, -0.05) is 59.1 Å². The minimum atomic E-state index is -4.72. The third-order valence-electron chi connectivity index (χ3n) is 6.07. The average Bonchev–Trinajstić information content (AvgIpc) is 2.86. The van der Waals surface area contributed by atoms with E-state index in [9.17, 15) is 18.0 Å². The second kappa shape index (κ2) is 11.8. The molecule has 1 saturated heterocycles. The number of halogens is 6. The van der Waals surface area contributed by atoms with Gasteiger partial charge in [-0.15, -0.1) is 0 Å². The monoisotopic (exact) mass is 568 g/mol. The maximum Gasteiger partial charge on any atom is 0.419 e. The molecule has 5 nitrogen and oxygen atoms in total. The number of piperidine rings is 1. The molecule has 1 aliphatic rings. The van der Waals surface area contributed by atoms with Gasteiger partial charge >= 0.3 is 6.18 Å². The number of hydrogen-bond acceptors (Lipinski definition) is 4. The number of carbonyl (C=O) groups is 1. The van der Waals surface area contributed by atoms with E-state index in [1.165, 1.54) is 18.3 Å². The predicted octanol–water partition coefficient (Wildman–Crippen LogP) is 7.60. The molecule has 0 unspecified atom stereocenters. The van der Waals surface area contributed by atoms with E-state index < -0.39 is 22.8 Å². The van der Waals surface area contributed by atoms with Crippen molar-refractivity contribution in [2.45, 2.75) is 24.9 Å². The molecule has 194 valence electrons. The molecule has 0 spiro atoms. The number of benzene rings is 1. The standard InChI is InChI=1S/C26H22Cl3F3N4O/c27-19-5-3-16(4-6-19)2-1-11-36-12-8-17(9-13-36)23-21(15-20(24(29)35-23)26(30,31)32)34-25(37)18-7-10-33-22(28)14-18/h1-7,10,14-15,17H,8-9,11-13H2,(H,34,37)/b2-1+. The van der Waals surface area contributed by atoms with Crippen LogP contribution in [0.1, 0.15) is 45.9 Å². The van der Waals surface area contributed by atoms with Crippen molar-refractivity contribution in [3.05, 3.63) is 92.5 Å². The summed E-state index contributed by atoms with van der Waals surface area (Å²) in [6, 6.07) is 11.1. The summed E-state index contributed by atoms with van der Waals surface area (Å²) in [6.07, 6.45) is 1.99. The predicted molar refractivity (Wildman–Crippen MR) is 140 cm³/mol. The maximum atomic E-state index is 13.5. The smallest absolute Gasteiger partial charge is 0.320 e. The average molecular weight is 570 g/mol. The number of alkyl halides is 3. The first-order chi connectivity index (χ1) is 17.6. The Labute approximate surface area is 227 Å². The summed E-state index contributed by atoms with van der Waals surface area (Å²) in [4.78, 5) is 23.0. The van der Waals surface area contributed by atoms with Crippen LogP contribution in [0.4, 0.5) is 18.9 Å². The SMILES string of the molecule is O=C(Nc1cc(C(F)(F)F)c(Cl)nc1C1CCN(C/C=C/c2ccc(Cl)cc2)CC1)c1ccnc(Cl)c1. The molecule has 11 heteroatoms. The summed E-state index contributed by atoms with van der Waals surface area (Å²) in [6.45, 7) is 2.15. The number of aromatic nitrogens is 2. The van der Waals surface area contributed by atoms with E-state index in [0.717, 1.165) is 18.2 Å². The summed E-state index contributed by atoms with van der Waals surface area (Å²) < 4.78 is 40.6. The summed E-state index contributed by atoms with van der Waals surface area (Å²) in [5.74, 6) is -0.792. The van der Waals surface area contributed by atoms with Crippen LogP contribution in [0.5, 0.6) is 0 Å². The zero-order valence-corrected chi connectivity index (χ0v) is 21.7. The van der Waals surface area contributed by atoms with E-state index in [1.54, 1.807) is 0 Å². The van der Waals surface area contributed by atoms with Crippen molar-refractivity contribution in [2.75, 3.05) is 25.0 Å². The highest BCUT2D eigenvalue weighted by molar-refractivity contribution is 6.31. The van der Waals surface area contributed by atoms with Gasteiger partial charge in [0.05, 0.1) is 16.9 Å². The number of rotatable bonds is 6. The van der Waals surface area contributed by atoms with Crippen molar-refractivity contribution in [3.63, 3.8) is 0 Å².